The first kappa shape index (κ1) is 21.7. The number of hydrogen-bond acceptors (Lipinski definition) is 7. The van der Waals surface area contributed by atoms with Crippen LogP contribution in [0.3, 0.4) is 0 Å². The van der Waals surface area contributed by atoms with Gasteiger partial charge in [-0.1, -0.05) is 23.4 Å². The molecule has 0 aliphatic carbocycles. The number of pyridine rings is 1. The summed E-state index contributed by atoms with van der Waals surface area (Å²) in [6.45, 7) is 0.709. The van der Waals surface area contributed by atoms with E-state index in [-0.39, 0.29) is 33.6 Å². The summed E-state index contributed by atoms with van der Waals surface area (Å²) in [4.78, 5) is 39.5. The van der Waals surface area contributed by atoms with Crippen molar-refractivity contribution in [3.05, 3.63) is 47.2 Å². The number of fused-ring (bicyclic) bond motifs is 1. The molecule has 9 nitrogen and oxygen atoms in total. The second kappa shape index (κ2) is 8.42. The molecule has 162 valence electrons. The van der Waals surface area contributed by atoms with E-state index >= 15 is 0 Å². The number of nitrogens with zero attached hydrogens (tertiary/aromatic N) is 2. The Morgan fingerprint density at radius 3 is 2.58 bits per heavy atom. The average Bonchev–Trinajstić information content (AvgIpc) is 3.11. The Balaban J connectivity index is 2.01. The second-order valence-corrected chi connectivity index (χ2v) is 6.25. The fraction of sp³-hybridized carbons (Fsp3) is 0.211. The maximum Gasteiger partial charge on any atom is 0.417 e. The van der Waals surface area contributed by atoms with E-state index in [1.165, 1.54) is 32.2 Å². The van der Waals surface area contributed by atoms with Crippen LogP contribution in [0.4, 0.5) is 18.0 Å². The van der Waals surface area contributed by atoms with Gasteiger partial charge in [0.1, 0.15) is 0 Å². The first-order valence-electron chi connectivity index (χ1n) is 8.74. The molecule has 0 atom stereocenters. The number of carbonyl (C=O) groups is 3. The Bertz CT molecular complexity index is 1170. The van der Waals surface area contributed by atoms with Crippen molar-refractivity contribution in [2.24, 2.45) is 0 Å². The molecule has 0 aliphatic heterocycles. The van der Waals surface area contributed by atoms with Crippen molar-refractivity contribution in [2.75, 3.05) is 13.7 Å². The van der Waals surface area contributed by atoms with Gasteiger partial charge in [-0.15, -0.1) is 0 Å². The van der Waals surface area contributed by atoms with E-state index in [2.05, 4.69) is 15.5 Å². The minimum Gasteiger partial charge on any atom is -0.452 e. The number of ether oxygens (including phenoxy) is 1. The van der Waals surface area contributed by atoms with Crippen molar-refractivity contribution in [3.8, 4) is 11.3 Å². The lowest BCUT2D eigenvalue weighted by atomic mass is 10.0. The second-order valence-electron chi connectivity index (χ2n) is 6.25. The number of imide groups is 1. The van der Waals surface area contributed by atoms with Crippen LogP contribution in [0.1, 0.15) is 21.6 Å². The molecule has 0 spiro atoms. The van der Waals surface area contributed by atoms with E-state index in [1.54, 1.807) is 0 Å². The highest BCUT2D eigenvalue weighted by Gasteiger charge is 2.34. The molecule has 0 aliphatic rings. The molecule has 31 heavy (non-hydrogen) atoms. The summed E-state index contributed by atoms with van der Waals surface area (Å²) in [5, 5.41) is 7.88. The minimum absolute atomic E-state index is 0.130. The highest BCUT2D eigenvalue weighted by Crippen LogP contribution is 2.37. The van der Waals surface area contributed by atoms with Crippen molar-refractivity contribution in [2.45, 2.75) is 13.1 Å². The van der Waals surface area contributed by atoms with Crippen LogP contribution in [0.25, 0.3) is 22.4 Å². The molecular weight excluding hydrogens is 421 g/mol. The number of urea groups is 1. The molecule has 3 rings (SSSR count). The van der Waals surface area contributed by atoms with Gasteiger partial charge in [-0.05, 0) is 19.1 Å². The summed E-state index contributed by atoms with van der Waals surface area (Å²) in [6, 6.07) is 5.01. The zero-order valence-corrected chi connectivity index (χ0v) is 16.2. The molecule has 12 heteroatoms. The van der Waals surface area contributed by atoms with Crippen LogP contribution < -0.4 is 10.6 Å². The van der Waals surface area contributed by atoms with Gasteiger partial charge in [0.2, 0.25) is 0 Å². The predicted molar refractivity (Wildman–Crippen MR) is 99.9 cm³/mol. The Kier molecular flexibility index (Phi) is 5.90. The van der Waals surface area contributed by atoms with Crippen molar-refractivity contribution in [1.82, 2.24) is 20.8 Å². The van der Waals surface area contributed by atoms with E-state index in [4.69, 9.17) is 9.26 Å². The largest absolute Gasteiger partial charge is 0.452 e. The van der Waals surface area contributed by atoms with Gasteiger partial charge >= 0.3 is 18.2 Å². The normalized spacial score (nSPS) is 11.3. The Morgan fingerprint density at radius 2 is 1.90 bits per heavy atom. The summed E-state index contributed by atoms with van der Waals surface area (Å²) in [7, 11) is 1.29. The molecule has 0 bridgehead atoms. The van der Waals surface area contributed by atoms with Gasteiger partial charge in [-0.25, -0.2) is 14.6 Å². The number of rotatable bonds is 4. The van der Waals surface area contributed by atoms with Crippen LogP contribution >= 0.6 is 0 Å². The zero-order valence-electron chi connectivity index (χ0n) is 16.2. The van der Waals surface area contributed by atoms with Crippen LogP contribution in [-0.2, 0) is 15.7 Å². The van der Waals surface area contributed by atoms with E-state index in [0.717, 1.165) is 12.1 Å². The molecule has 3 amide bonds. The van der Waals surface area contributed by atoms with Crippen LogP contribution in [0.5, 0.6) is 0 Å². The number of hydrogen-bond donors (Lipinski definition) is 2. The molecule has 3 aromatic rings. The Morgan fingerprint density at radius 1 is 1.19 bits per heavy atom. The molecule has 1 aromatic carbocycles. The molecule has 2 N–H and O–H groups in total. The molecule has 0 saturated heterocycles. The third-order valence-electron chi connectivity index (χ3n) is 4.16. The predicted octanol–water partition coefficient (Wildman–Crippen LogP) is 2.83. The van der Waals surface area contributed by atoms with Crippen LogP contribution in [0.2, 0.25) is 0 Å². The Hall–Kier alpha value is -3.96. The summed E-state index contributed by atoms with van der Waals surface area (Å²) in [5.41, 5.74) is -1.55. The van der Waals surface area contributed by atoms with Gasteiger partial charge in [-0.2, -0.15) is 13.2 Å². The van der Waals surface area contributed by atoms with Gasteiger partial charge < -0.3 is 14.6 Å². The lowest BCUT2D eigenvalue weighted by Crippen LogP contribution is -2.39. The standard InChI is InChI=1S/C19H15F3N4O5/c1-9-15-11(17(28)30-8-14(27)25-18(29)23-2)7-13(24-16(15)31-26-9)10-5-3-4-6-12(10)19(20,21)22/h3-7H,8H2,1-2H3,(H2,23,25,27,29). The molecule has 2 heterocycles. The van der Waals surface area contributed by atoms with E-state index in [1.807, 2.05) is 5.32 Å². The van der Waals surface area contributed by atoms with Crippen molar-refractivity contribution in [1.29, 1.82) is 0 Å². The zero-order chi connectivity index (χ0) is 22.8. The maximum absolute atomic E-state index is 13.4. The van der Waals surface area contributed by atoms with Gasteiger partial charge in [-0.3, -0.25) is 10.1 Å². The maximum atomic E-state index is 13.4. The number of halogens is 3. The Labute approximate surface area is 172 Å². The van der Waals surface area contributed by atoms with E-state index < -0.39 is 36.3 Å². The van der Waals surface area contributed by atoms with Crippen molar-refractivity contribution in [3.63, 3.8) is 0 Å². The summed E-state index contributed by atoms with van der Waals surface area (Å²) < 4.78 is 50.2. The summed E-state index contributed by atoms with van der Waals surface area (Å²) in [6.07, 6.45) is -4.66. The van der Waals surface area contributed by atoms with Crippen LogP contribution in [-0.4, -0.2) is 41.7 Å². The van der Waals surface area contributed by atoms with Crippen LogP contribution in [0, 0.1) is 6.92 Å². The minimum atomic E-state index is -4.66. The number of amides is 3. The van der Waals surface area contributed by atoms with E-state index in [0.29, 0.717) is 0 Å². The fourth-order valence-electron chi connectivity index (χ4n) is 2.78. The summed E-state index contributed by atoms with van der Waals surface area (Å²) in [5.74, 6) is -1.93. The smallest absolute Gasteiger partial charge is 0.417 e. The third kappa shape index (κ3) is 4.63. The fourth-order valence-corrected chi connectivity index (χ4v) is 2.78. The molecule has 0 radical (unpaired) electrons. The molecule has 0 saturated carbocycles. The first-order valence-corrected chi connectivity index (χ1v) is 8.74. The van der Waals surface area contributed by atoms with Gasteiger partial charge in [0, 0.05) is 12.6 Å². The number of benzene rings is 1. The van der Waals surface area contributed by atoms with Gasteiger partial charge in [0.15, 0.2) is 6.61 Å². The van der Waals surface area contributed by atoms with Crippen molar-refractivity contribution >= 4 is 29.0 Å². The average molecular weight is 436 g/mol. The summed E-state index contributed by atoms with van der Waals surface area (Å²) >= 11 is 0. The van der Waals surface area contributed by atoms with Crippen molar-refractivity contribution < 1.29 is 36.8 Å². The number of carbonyl (C=O) groups excluding carboxylic acids is 3. The van der Waals surface area contributed by atoms with Gasteiger partial charge in [0.05, 0.1) is 27.9 Å². The highest BCUT2D eigenvalue weighted by atomic mass is 19.4. The lowest BCUT2D eigenvalue weighted by Gasteiger charge is -2.13. The number of esters is 1. The first-order chi connectivity index (χ1) is 14.6. The SMILES string of the molecule is CNC(=O)NC(=O)COC(=O)c1cc(-c2ccccc2C(F)(F)F)nc2onc(C)c12. The highest BCUT2D eigenvalue weighted by molar-refractivity contribution is 6.05. The number of alkyl halides is 3. The number of aromatic nitrogens is 2. The number of aryl methyl sites for hydroxylation is 1. The molecule has 0 unspecified atom stereocenters. The van der Waals surface area contributed by atoms with Gasteiger partial charge in [0.25, 0.3) is 11.6 Å². The van der Waals surface area contributed by atoms with Crippen LogP contribution in [0.15, 0.2) is 34.9 Å². The molecular formula is C19H15F3N4O5. The molecule has 0 fully saturated rings. The molecule has 2 aromatic heterocycles. The third-order valence-corrected chi connectivity index (χ3v) is 4.16. The lowest BCUT2D eigenvalue weighted by molar-refractivity contribution is -0.137. The quantitative estimate of drug-likeness (QED) is 0.603. The number of nitrogens with one attached hydrogen (secondary N) is 2. The topological polar surface area (TPSA) is 123 Å². The van der Waals surface area contributed by atoms with E-state index in [9.17, 15) is 27.6 Å². The monoisotopic (exact) mass is 436 g/mol.